The molecule has 6 nitrogen and oxygen atoms in total. The van der Waals surface area contributed by atoms with Gasteiger partial charge >= 0.3 is 6.18 Å². The Morgan fingerprint density at radius 3 is 2.38 bits per heavy atom. The summed E-state index contributed by atoms with van der Waals surface area (Å²) in [6, 6.07) is 2.01. The topological polar surface area (TPSA) is 62.7 Å². The Bertz CT molecular complexity index is 899. The van der Waals surface area contributed by atoms with Crippen molar-refractivity contribution in [1.82, 2.24) is 14.2 Å². The molecule has 1 aromatic heterocycles. The molecule has 29 heavy (non-hydrogen) atoms. The molecule has 1 aromatic rings. The number of aryl methyl sites for hydroxylation is 1. The number of halogens is 3. The number of hydrogen-bond donors (Lipinski definition) is 0. The van der Waals surface area contributed by atoms with Crippen molar-refractivity contribution in [3.63, 3.8) is 0 Å². The third-order valence-corrected chi connectivity index (χ3v) is 8.65. The Kier molecular flexibility index (Phi) is 4.81. The van der Waals surface area contributed by atoms with Gasteiger partial charge in [-0.2, -0.15) is 17.5 Å². The smallest absolute Gasteiger partial charge is 0.374 e. The van der Waals surface area contributed by atoms with Gasteiger partial charge in [0.15, 0.2) is 0 Å². The lowest BCUT2D eigenvalue weighted by Crippen LogP contribution is -2.75. The molecule has 0 aromatic carbocycles. The molecule has 0 bridgehead atoms. The SMILES string of the molecule is Cc1nc(C(F)(F)F)ccc1S(=O)(=O)N1CC2(CN(C(C)C3(C)CCCO3)C2)C1. The van der Waals surface area contributed by atoms with Gasteiger partial charge in [-0.1, -0.05) is 0 Å². The van der Waals surface area contributed by atoms with Crippen LogP contribution in [0.15, 0.2) is 17.0 Å². The summed E-state index contributed by atoms with van der Waals surface area (Å²) in [6.07, 6.45) is -2.51. The summed E-state index contributed by atoms with van der Waals surface area (Å²) in [5, 5.41) is 0. The third kappa shape index (κ3) is 3.47. The van der Waals surface area contributed by atoms with Crippen LogP contribution < -0.4 is 0 Å². The van der Waals surface area contributed by atoms with Gasteiger partial charge < -0.3 is 4.74 Å². The van der Waals surface area contributed by atoms with Gasteiger partial charge in [-0.15, -0.1) is 0 Å². The van der Waals surface area contributed by atoms with E-state index in [1.807, 2.05) is 0 Å². The minimum Gasteiger partial charge on any atom is -0.374 e. The van der Waals surface area contributed by atoms with Crippen molar-refractivity contribution >= 4 is 10.0 Å². The number of hydrogen-bond acceptors (Lipinski definition) is 5. The average Bonchev–Trinajstić information content (AvgIpc) is 2.98. The summed E-state index contributed by atoms with van der Waals surface area (Å²) in [5.74, 6) is 0. The summed E-state index contributed by atoms with van der Waals surface area (Å²) >= 11 is 0. The highest BCUT2D eigenvalue weighted by molar-refractivity contribution is 7.89. The normalized spacial score (nSPS) is 28.9. The van der Waals surface area contributed by atoms with E-state index in [0.29, 0.717) is 13.1 Å². The van der Waals surface area contributed by atoms with Crippen molar-refractivity contribution in [3.8, 4) is 0 Å². The molecule has 2 atom stereocenters. The molecule has 0 radical (unpaired) electrons. The number of likely N-dealkylation sites (tertiary alicyclic amines) is 1. The van der Waals surface area contributed by atoms with E-state index in [4.69, 9.17) is 4.74 Å². The number of sulfonamides is 1. The third-order valence-electron chi connectivity index (χ3n) is 6.73. The van der Waals surface area contributed by atoms with Gasteiger partial charge in [0.05, 0.1) is 11.3 Å². The van der Waals surface area contributed by atoms with Crippen LogP contribution in [-0.2, 0) is 20.9 Å². The molecule has 162 valence electrons. The Labute approximate surface area is 169 Å². The molecule has 10 heteroatoms. The molecule has 3 aliphatic heterocycles. The van der Waals surface area contributed by atoms with E-state index in [0.717, 1.165) is 44.7 Å². The quantitative estimate of drug-likeness (QED) is 0.731. The van der Waals surface area contributed by atoms with Gasteiger partial charge in [0.1, 0.15) is 10.6 Å². The fraction of sp³-hybridized carbons (Fsp3) is 0.737. The Balaban J connectivity index is 1.40. The van der Waals surface area contributed by atoms with E-state index >= 15 is 0 Å². The van der Waals surface area contributed by atoms with Crippen molar-refractivity contribution in [1.29, 1.82) is 0 Å². The van der Waals surface area contributed by atoms with Crippen molar-refractivity contribution in [3.05, 3.63) is 23.5 Å². The molecule has 4 rings (SSSR count). The molecular formula is C19H26F3N3O3S. The first kappa shape index (κ1) is 21.0. The van der Waals surface area contributed by atoms with Gasteiger partial charge in [0, 0.05) is 44.2 Å². The standard InChI is InChI=1S/C19H26F3N3O3S/c1-13-15(5-6-16(23-13)19(20,21)22)29(26,27)25-11-18(12-25)9-24(10-18)14(2)17(3)7-4-8-28-17/h5-6,14H,4,7-12H2,1-3H3. The predicted octanol–water partition coefficient (Wildman–Crippen LogP) is 2.67. The zero-order valence-corrected chi connectivity index (χ0v) is 17.6. The molecule has 3 aliphatic rings. The number of nitrogens with zero attached hydrogens (tertiary/aromatic N) is 3. The van der Waals surface area contributed by atoms with Crippen LogP contribution in [0.3, 0.4) is 0 Å². The Hall–Kier alpha value is -1.23. The Morgan fingerprint density at radius 1 is 1.21 bits per heavy atom. The summed E-state index contributed by atoms with van der Waals surface area (Å²) in [4.78, 5) is 5.63. The largest absolute Gasteiger partial charge is 0.433 e. The highest BCUT2D eigenvalue weighted by Gasteiger charge is 2.58. The lowest BCUT2D eigenvalue weighted by Gasteiger charge is -2.62. The van der Waals surface area contributed by atoms with Crippen LogP contribution >= 0.6 is 0 Å². The molecule has 0 amide bonds. The fourth-order valence-electron chi connectivity index (χ4n) is 4.80. The first-order valence-corrected chi connectivity index (χ1v) is 11.2. The molecule has 1 spiro atoms. The molecule has 4 heterocycles. The van der Waals surface area contributed by atoms with Crippen LogP contribution in [0.4, 0.5) is 13.2 Å². The van der Waals surface area contributed by atoms with Crippen LogP contribution in [0.25, 0.3) is 0 Å². The number of ether oxygens (including phenoxy) is 1. The molecule has 0 aliphatic carbocycles. The van der Waals surface area contributed by atoms with E-state index < -0.39 is 21.9 Å². The van der Waals surface area contributed by atoms with Crippen LogP contribution in [0.5, 0.6) is 0 Å². The highest BCUT2D eigenvalue weighted by Crippen LogP contribution is 2.45. The van der Waals surface area contributed by atoms with E-state index in [9.17, 15) is 21.6 Å². The van der Waals surface area contributed by atoms with E-state index in [-0.39, 0.29) is 27.6 Å². The summed E-state index contributed by atoms with van der Waals surface area (Å²) in [5.41, 5.74) is -1.43. The summed E-state index contributed by atoms with van der Waals surface area (Å²) < 4.78 is 71.4. The van der Waals surface area contributed by atoms with Gasteiger partial charge in [-0.25, -0.2) is 13.4 Å². The van der Waals surface area contributed by atoms with Crippen LogP contribution in [0.2, 0.25) is 0 Å². The Morgan fingerprint density at radius 2 is 1.86 bits per heavy atom. The van der Waals surface area contributed by atoms with E-state index in [1.165, 1.54) is 11.2 Å². The second-order valence-corrected chi connectivity index (χ2v) is 10.8. The molecule has 2 unspecified atom stereocenters. The van der Waals surface area contributed by atoms with Gasteiger partial charge in [0.2, 0.25) is 10.0 Å². The maximum Gasteiger partial charge on any atom is 0.433 e. The van der Waals surface area contributed by atoms with Crippen molar-refractivity contribution in [2.45, 2.75) is 56.3 Å². The lowest BCUT2D eigenvalue weighted by atomic mass is 9.72. The molecular weight excluding hydrogens is 407 g/mol. The van der Waals surface area contributed by atoms with Crippen molar-refractivity contribution in [2.24, 2.45) is 5.41 Å². The number of aromatic nitrogens is 1. The molecule has 0 saturated carbocycles. The lowest BCUT2D eigenvalue weighted by molar-refractivity contribution is -0.142. The number of pyridine rings is 1. The average molecular weight is 433 g/mol. The van der Waals surface area contributed by atoms with Crippen LogP contribution in [-0.4, -0.2) is 67.0 Å². The van der Waals surface area contributed by atoms with Gasteiger partial charge in [0.25, 0.3) is 0 Å². The number of rotatable bonds is 4. The maximum absolute atomic E-state index is 12.9. The zero-order valence-electron chi connectivity index (χ0n) is 16.8. The first-order chi connectivity index (χ1) is 13.4. The monoisotopic (exact) mass is 433 g/mol. The number of alkyl halides is 3. The fourth-order valence-corrected chi connectivity index (χ4v) is 6.62. The minimum atomic E-state index is -4.60. The molecule has 3 fully saturated rings. The predicted molar refractivity (Wildman–Crippen MR) is 99.8 cm³/mol. The van der Waals surface area contributed by atoms with Crippen LogP contribution in [0.1, 0.15) is 38.1 Å². The van der Waals surface area contributed by atoms with Gasteiger partial charge in [-0.05, 0) is 45.7 Å². The first-order valence-electron chi connectivity index (χ1n) is 9.79. The second-order valence-electron chi connectivity index (χ2n) is 8.90. The molecule has 0 N–H and O–H groups in total. The summed E-state index contributed by atoms with van der Waals surface area (Å²) in [7, 11) is -3.85. The van der Waals surface area contributed by atoms with E-state index in [1.54, 1.807) is 0 Å². The highest BCUT2D eigenvalue weighted by atomic mass is 32.2. The van der Waals surface area contributed by atoms with Crippen molar-refractivity contribution in [2.75, 3.05) is 32.8 Å². The zero-order chi connectivity index (χ0) is 21.2. The maximum atomic E-state index is 12.9. The summed E-state index contributed by atoms with van der Waals surface area (Å²) in [6.45, 7) is 8.76. The molecule has 3 saturated heterocycles. The van der Waals surface area contributed by atoms with Crippen molar-refractivity contribution < 1.29 is 26.3 Å². The second kappa shape index (κ2) is 6.63. The van der Waals surface area contributed by atoms with Crippen LogP contribution in [0, 0.1) is 12.3 Å². The van der Waals surface area contributed by atoms with Gasteiger partial charge in [-0.3, -0.25) is 4.90 Å². The van der Waals surface area contributed by atoms with E-state index in [2.05, 4.69) is 23.7 Å². The minimum absolute atomic E-state index is 0.0659.